The summed E-state index contributed by atoms with van der Waals surface area (Å²) in [6, 6.07) is 0. The first-order valence-corrected chi connectivity index (χ1v) is 3.12. The standard InChI is InChI=1S/ClH.H3N.H2O.Rh/h1H;1H3;1H2;/q;;;+2/p-2. The van der Waals surface area contributed by atoms with Crippen molar-refractivity contribution in [1.29, 1.82) is 0 Å². The Morgan fingerprint density at radius 3 is 1.75 bits per heavy atom. The normalized spacial score (nSPS) is 5.50. The molecule has 0 radical (unpaired) electrons. The second-order valence-corrected chi connectivity index (χ2v) is 1.00. The average molecular weight is 172 g/mol. The van der Waals surface area contributed by atoms with E-state index in [-0.39, 0.29) is 6.15 Å². The summed E-state index contributed by atoms with van der Waals surface area (Å²) in [6.07, 6.45) is 0. The summed E-state index contributed by atoms with van der Waals surface area (Å²) in [5.41, 5.74) is 0. The molecule has 4 N–H and O–H groups in total. The summed E-state index contributed by atoms with van der Waals surface area (Å²) in [5, 5.41) is 0. The first kappa shape index (κ1) is 8.85. The molecule has 4 heteroatoms. The molecule has 0 amide bonds. The summed E-state index contributed by atoms with van der Waals surface area (Å²) in [5.74, 6) is 0. The molecule has 0 saturated heterocycles. The molecule has 0 heterocycles. The van der Waals surface area contributed by atoms with E-state index in [2.05, 4.69) is 9.69 Å². The molecule has 0 atom stereocenters. The summed E-state index contributed by atoms with van der Waals surface area (Å²) < 4.78 is 7.40. The van der Waals surface area contributed by atoms with E-state index in [0.29, 0.717) is 0 Å². The van der Waals surface area contributed by atoms with Gasteiger partial charge in [0, 0.05) is 0 Å². The van der Waals surface area contributed by atoms with E-state index in [1.54, 1.807) is 0 Å². The summed E-state index contributed by atoms with van der Waals surface area (Å²) in [4.78, 5) is 0. The van der Waals surface area contributed by atoms with Crippen LogP contribution in [0, 0.1) is 0 Å². The van der Waals surface area contributed by atoms with Gasteiger partial charge in [0.2, 0.25) is 0 Å². The monoisotopic (exact) mass is 172 g/mol. The van der Waals surface area contributed by atoms with Gasteiger partial charge in [-0.25, -0.2) is 0 Å². The van der Waals surface area contributed by atoms with E-state index in [1.165, 1.54) is 0 Å². The van der Waals surface area contributed by atoms with Crippen molar-refractivity contribution in [2.24, 2.45) is 0 Å². The van der Waals surface area contributed by atoms with Crippen LogP contribution in [0.3, 0.4) is 0 Å². The summed E-state index contributed by atoms with van der Waals surface area (Å²) in [6.45, 7) is 0. The molecule has 0 aliphatic heterocycles. The van der Waals surface area contributed by atoms with Gasteiger partial charge in [0.15, 0.2) is 0 Å². The van der Waals surface area contributed by atoms with Crippen LogP contribution in [0.5, 0.6) is 0 Å². The summed E-state index contributed by atoms with van der Waals surface area (Å²) >= 11 is -0.698. The quantitative estimate of drug-likeness (QED) is 0.516. The van der Waals surface area contributed by atoms with E-state index in [0.717, 1.165) is 0 Å². The van der Waals surface area contributed by atoms with Gasteiger partial charge >= 0.3 is 30.1 Å². The van der Waals surface area contributed by atoms with Crippen LogP contribution in [0.1, 0.15) is 0 Å². The molecular weight excluding hydrogens is 168 g/mol. The van der Waals surface area contributed by atoms with Crippen molar-refractivity contribution < 1.29 is 20.4 Å². The third-order valence-corrected chi connectivity index (χ3v) is 0. The molecule has 0 unspecified atom stereocenters. The Kier molecular flexibility index (Phi) is 20.3. The SMILES string of the molecule is N.[OH][Rh][Cl]. The van der Waals surface area contributed by atoms with Crippen LogP contribution in [-0.2, 0) is 16.5 Å². The number of rotatable bonds is 0. The molecule has 4 heavy (non-hydrogen) atoms. The van der Waals surface area contributed by atoms with Crippen molar-refractivity contribution in [2.45, 2.75) is 0 Å². The second kappa shape index (κ2) is 9.16. The van der Waals surface area contributed by atoms with E-state index in [4.69, 9.17) is 3.93 Å². The number of halogens is 1. The molecule has 31 valence electrons. The molecule has 0 aromatic carbocycles. The van der Waals surface area contributed by atoms with Crippen LogP contribution in [0.4, 0.5) is 0 Å². The molecular formula is H4ClNORh. The van der Waals surface area contributed by atoms with Crippen LogP contribution in [0.2, 0.25) is 0 Å². The molecule has 0 rings (SSSR count). The average Bonchev–Trinajstić information content (AvgIpc) is 0.918. The number of hydrogen-bond acceptors (Lipinski definition) is 2. The minimum atomic E-state index is -0.698. The molecule has 0 aliphatic rings. The van der Waals surface area contributed by atoms with Crippen molar-refractivity contribution in [3.63, 3.8) is 0 Å². The Bertz CT molecular complexity index is 8.00. The minimum absolute atomic E-state index is 0. The summed E-state index contributed by atoms with van der Waals surface area (Å²) in [7, 11) is 4.62. The maximum atomic E-state index is 7.40. The van der Waals surface area contributed by atoms with Gasteiger partial charge in [0.1, 0.15) is 0 Å². The molecule has 0 bridgehead atoms. The fourth-order valence-electron chi connectivity index (χ4n) is 0. The van der Waals surface area contributed by atoms with Gasteiger partial charge in [-0.05, 0) is 0 Å². The van der Waals surface area contributed by atoms with Crippen molar-refractivity contribution in [3.8, 4) is 0 Å². The zero-order valence-electron chi connectivity index (χ0n) is 1.87. The van der Waals surface area contributed by atoms with Gasteiger partial charge in [-0.3, -0.25) is 0 Å². The van der Waals surface area contributed by atoms with Gasteiger partial charge in [-0.2, -0.15) is 0 Å². The van der Waals surface area contributed by atoms with E-state index in [1.807, 2.05) is 0 Å². The van der Waals surface area contributed by atoms with Gasteiger partial charge in [-0.1, -0.05) is 0 Å². The maximum absolute atomic E-state index is 7.40. The Morgan fingerprint density at radius 2 is 1.75 bits per heavy atom. The zero-order valence-corrected chi connectivity index (χ0v) is 4.26. The molecule has 0 aromatic rings. The van der Waals surface area contributed by atoms with Crippen molar-refractivity contribution in [2.75, 3.05) is 0 Å². The fraction of sp³-hybridized carbons (Fsp3) is 0. The molecule has 0 aromatic heterocycles. The van der Waals surface area contributed by atoms with Crippen LogP contribution < -0.4 is 6.15 Å². The predicted molar refractivity (Wildman–Crippen MR) is 13.1 cm³/mol. The zero-order chi connectivity index (χ0) is 2.71. The Labute approximate surface area is 36.8 Å². The van der Waals surface area contributed by atoms with Crippen molar-refractivity contribution in [3.05, 3.63) is 0 Å². The van der Waals surface area contributed by atoms with Crippen molar-refractivity contribution in [1.82, 2.24) is 6.15 Å². The Balaban J connectivity index is 0. The van der Waals surface area contributed by atoms with Crippen LogP contribution in [0.15, 0.2) is 0 Å². The van der Waals surface area contributed by atoms with E-state index < -0.39 is 16.5 Å². The molecule has 0 spiro atoms. The van der Waals surface area contributed by atoms with Crippen LogP contribution in [-0.4, -0.2) is 3.93 Å². The fourth-order valence-corrected chi connectivity index (χ4v) is 0. The van der Waals surface area contributed by atoms with Gasteiger partial charge < -0.3 is 6.15 Å². The molecule has 0 saturated carbocycles. The van der Waals surface area contributed by atoms with Gasteiger partial charge in [0.25, 0.3) is 0 Å². The first-order valence-electron chi connectivity index (χ1n) is 0.275. The first-order chi connectivity index (χ1) is 1.41. The predicted octanol–water partition coefficient (Wildman–Crippen LogP) is 0.292. The third kappa shape index (κ3) is 13.7. The molecule has 0 fully saturated rings. The van der Waals surface area contributed by atoms with E-state index >= 15 is 0 Å². The van der Waals surface area contributed by atoms with Gasteiger partial charge in [-0.15, -0.1) is 0 Å². The van der Waals surface area contributed by atoms with Crippen LogP contribution >= 0.6 is 9.69 Å². The third-order valence-electron chi connectivity index (χ3n) is 0. The second-order valence-electron chi connectivity index (χ2n) is 0.0563. The van der Waals surface area contributed by atoms with E-state index in [9.17, 15) is 0 Å². The topological polar surface area (TPSA) is 55.2 Å². The van der Waals surface area contributed by atoms with Crippen molar-refractivity contribution >= 4 is 9.69 Å². The molecule has 0 aliphatic carbocycles. The Hall–Kier alpha value is 0.833. The molecule has 2 nitrogen and oxygen atoms in total. The Morgan fingerprint density at radius 1 is 1.75 bits per heavy atom. The van der Waals surface area contributed by atoms with Crippen LogP contribution in [0.25, 0.3) is 0 Å². The number of hydrogen-bond donors (Lipinski definition) is 2. The van der Waals surface area contributed by atoms with Gasteiger partial charge in [0.05, 0.1) is 0 Å².